The van der Waals surface area contributed by atoms with Crippen LogP contribution in [0, 0.1) is 0 Å². The van der Waals surface area contributed by atoms with Crippen molar-refractivity contribution in [3.05, 3.63) is 24.2 Å². The van der Waals surface area contributed by atoms with Crippen LogP contribution in [0.25, 0.3) is 0 Å². The molecular formula is C8H10NO. The van der Waals surface area contributed by atoms with Crippen LogP contribution < -0.4 is 5.41 Å². The first-order valence-electron chi connectivity index (χ1n) is 3.42. The topological polar surface area (TPSA) is 35.4 Å². The van der Waals surface area contributed by atoms with E-state index < -0.39 is 0 Å². The lowest BCUT2D eigenvalue weighted by Crippen LogP contribution is -1.82. The van der Waals surface area contributed by atoms with Crippen LogP contribution >= 0.6 is 0 Å². The van der Waals surface area contributed by atoms with Crippen LogP contribution in [0.15, 0.2) is 22.8 Å². The molecule has 0 bridgehead atoms. The zero-order valence-electron chi connectivity index (χ0n) is 5.79. The normalized spacial score (nSPS) is 9.60. The van der Waals surface area contributed by atoms with E-state index in [1.54, 1.807) is 6.26 Å². The number of rotatable bonds is 4. The van der Waals surface area contributed by atoms with E-state index in [0.29, 0.717) is 0 Å². The quantitative estimate of drug-likeness (QED) is 0.456. The predicted molar refractivity (Wildman–Crippen MR) is 39.8 cm³/mol. The van der Waals surface area contributed by atoms with E-state index in [4.69, 9.17) is 9.83 Å². The van der Waals surface area contributed by atoms with Gasteiger partial charge >= 0.3 is 0 Å². The molecule has 10 heavy (non-hydrogen) atoms. The van der Waals surface area contributed by atoms with Gasteiger partial charge in [0.05, 0.1) is 6.26 Å². The highest BCUT2D eigenvalue weighted by atomic mass is 16.3. The first-order chi connectivity index (χ1) is 4.93. The van der Waals surface area contributed by atoms with E-state index in [0.717, 1.165) is 25.0 Å². The van der Waals surface area contributed by atoms with Crippen LogP contribution in [-0.2, 0) is 6.42 Å². The number of hydrogen-bond acceptors (Lipinski definition) is 1. The van der Waals surface area contributed by atoms with Crippen LogP contribution in [0.4, 0.5) is 0 Å². The Balaban J connectivity index is 2.21. The molecule has 0 saturated heterocycles. The predicted octanol–water partition coefficient (Wildman–Crippen LogP) is 1.47. The number of unbranched alkanes of at least 4 members (excludes halogenated alkanes) is 1. The van der Waals surface area contributed by atoms with Gasteiger partial charge in [-0.3, -0.25) is 0 Å². The summed E-state index contributed by atoms with van der Waals surface area (Å²) in [5, 5.41) is 8.34. The van der Waals surface area contributed by atoms with Crippen molar-refractivity contribution in [1.29, 1.82) is 0 Å². The summed E-state index contributed by atoms with van der Waals surface area (Å²) in [6.45, 7) is 0. The Hall–Kier alpha value is -1.05. The van der Waals surface area contributed by atoms with Crippen molar-refractivity contribution in [2.75, 3.05) is 0 Å². The molecule has 0 spiro atoms. The van der Waals surface area contributed by atoms with Gasteiger partial charge in [0.2, 0.25) is 0 Å². The minimum absolute atomic E-state index is 0.737. The van der Waals surface area contributed by atoms with Crippen LogP contribution in [0.3, 0.4) is 0 Å². The molecule has 1 heterocycles. The van der Waals surface area contributed by atoms with Crippen molar-refractivity contribution in [3.8, 4) is 0 Å². The van der Waals surface area contributed by atoms with E-state index in [-0.39, 0.29) is 0 Å². The molecule has 0 fully saturated rings. The van der Waals surface area contributed by atoms with Gasteiger partial charge in [-0.15, -0.1) is 0 Å². The third kappa shape index (κ3) is 2.05. The Kier molecular flexibility index (Phi) is 2.74. The summed E-state index contributed by atoms with van der Waals surface area (Å²) < 4.78 is 5.08. The van der Waals surface area contributed by atoms with Gasteiger partial charge in [0, 0.05) is 12.6 Å². The highest BCUT2D eigenvalue weighted by Crippen LogP contribution is 2.03. The Morgan fingerprint density at radius 1 is 1.60 bits per heavy atom. The van der Waals surface area contributed by atoms with E-state index >= 15 is 0 Å². The highest BCUT2D eigenvalue weighted by Gasteiger charge is 1.92. The second-order valence-corrected chi connectivity index (χ2v) is 2.15. The molecule has 53 valence electrons. The number of furan rings is 1. The monoisotopic (exact) mass is 136 g/mol. The summed E-state index contributed by atoms with van der Waals surface area (Å²) in [6, 6.07) is 3.81. The fourth-order valence-corrected chi connectivity index (χ4v) is 0.822. The molecule has 0 aliphatic heterocycles. The lowest BCUT2D eigenvalue weighted by atomic mass is 10.2. The maximum atomic E-state index is 8.34. The molecule has 0 N–H and O–H groups in total. The number of hydrogen-bond donors (Lipinski definition) is 0. The molecule has 0 amide bonds. The zero-order chi connectivity index (χ0) is 7.23. The molecule has 1 aromatic heterocycles. The van der Waals surface area contributed by atoms with Crippen molar-refractivity contribution in [3.63, 3.8) is 0 Å². The van der Waals surface area contributed by atoms with Gasteiger partial charge in [0.1, 0.15) is 5.76 Å². The van der Waals surface area contributed by atoms with E-state index in [1.807, 2.05) is 12.1 Å². The van der Waals surface area contributed by atoms with E-state index in [1.165, 1.54) is 6.21 Å². The van der Waals surface area contributed by atoms with Gasteiger partial charge in [-0.1, -0.05) is 0 Å². The standard InChI is InChI=1S/C8H10NO/c9-6-2-1-4-8-5-3-7-10-8/h3,5-7H,1-2,4H2. The number of aryl methyl sites for hydroxylation is 1. The lowest BCUT2D eigenvalue weighted by Gasteiger charge is -1.90. The molecule has 0 aliphatic carbocycles. The summed E-state index contributed by atoms with van der Waals surface area (Å²) in [7, 11) is 0. The van der Waals surface area contributed by atoms with Crippen molar-refractivity contribution < 1.29 is 4.42 Å². The third-order valence-corrected chi connectivity index (χ3v) is 1.34. The molecule has 0 aromatic carbocycles. The van der Waals surface area contributed by atoms with Gasteiger partial charge in [-0.05, 0) is 25.0 Å². The van der Waals surface area contributed by atoms with Crippen molar-refractivity contribution in [2.24, 2.45) is 0 Å². The summed E-state index contributed by atoms with van der Waals surface area (Å²) in [5.41, 5.74) is 0. The smallest absolute Gasteiger partial charge is 0.103 e. The SMILES string of the molecule is [N]=CCCCc1ccco1. The Morgan fingerprint density at radius 2 is 2.50 bits per heavy atom. The van der Waals surface area contributed by atoms with Crippen molar-refractivity contribution in [1.82, 2.24) is 5.41 Å². The molecule has 0 saturated carbocycles. The summed E-state index contributed by atoms with van der Waals surface area (Å²) in [4.78, 5) is 0. The third-order valence-electron chi connectivity index (χ3n) is 1.34. The minimum atomic E-state index is 0.737. The highest BCUT2D eigenvalue weighted by molar-refractivity contribution is 5.53. The second kappa shape index (κ2) is 3.88. The fourth-order valence-electron chi connectivity index (χ4n) is 0.822. The van der Waals surface area contributed by atoms with Crippen LogP contribution in [-0.4, -0.2) is 6.21 Å². The Labute approximate surface area is 60.4 Å². The Morgan fingerprint density at radius 3 is 3.10 bits per heavy atom. The number of nitrogens with zero attached hydrogens (tertiary/aromatic N) is 1. The average molecular weight is 136 g/mol. The molecule has 0 atom stereocenters. The van der Waals surface area contributed by atoms with Crippen LogP contribution in [0.1, 0.15) is 18.6 Å². The molecular weight excluding hydrogens is 126 g/mol. The van der Waals surface area contributed by atoms with Gasteiger partial charge in [0.15, 0.2) is 0 Å². The molecule has 1 radical (unpaired) electrons. The van der Waals surface area contributed by atoms with Gasteiger partial charge in [-0.25, -0.2) is 0 Å². The fraction of sp³-hybridized carbons (Fsp3) is 0.375. The summed E-state index contributed by atoms with van der Waals surface area (Å²) in [6.07, 6.45) is 5.44. The van der Waals surface area contributed by atoms with E-state index in [9.17, 15) is 0 Å². The average Bonchev–Trinajstić information content (AvgIpc) is 2.41. The molecule has 2 nitrogen and oxygen atoms in total. The lowest BCUT2D eigenvalue weighted by molar-refractivity contribution is 0.504. The maximum absolute atomic E-state index is 8.34. The van der Waals surface area contributed by atoms with Gasteiger partial charge in [0.25, 0.3) is 0 Å². The minimum Gasteiger partial charge on any atom is -0.469 e. The van der Waals surface area contributed by atoms with E-state index in [2.05, 4.69) is 0 Å². The first kappa shape index (κ1) is 7.06. The van der Waals surface area contributed by atoms with Gasteiger partial charge < -0.3 is 4.42 Å². The summed E-state index contributed by atoms with van der Waals surface area (Å²) >= 11 is 0. The molecule has 0 aliphatic rings. The largest absolute Gasteiger partial charge is 0.469 e. The second-order valence-electron chi connectivity index (χ2n) is 2.15. The first-order valence-corrected chi connectivity index (χ1v) is 3.42. The van der Waals surface area contributed by atoms with Crippen molar-refractivity contribution >= 4 is 6.21 Å². The van der Waals surface area contributed by atoms with Crippen LogP contribution in [0.5, 0.6) is 0 Å². The summed E-state index contributed by atoms with van der Waals surface area (Å²) in [5.74, 6) is 0.988. The Bertz CT molecular complexity index is 179. The van der Waals surface area contributed by atoms with Crippen LogP contribution in [0.2, 0.25) is 0 Å². The molecule has 1 aromatic rings. The molecule has 0 unspecified atom stereocenters. The van der Waals surface area contributed by atoms with Gasteiger partial charge in [-0.2, -0.15) is 5.41 Å². The zero-order valence-corrected chi connectivity index (χ0v) is 5.79. The molecule has 2 heteroatoms. The molecule has 1 rings (SSSR count). The maximum Gasteiger partial charge on any atom is 0.103 e. The van der Waals surface area contributed by atoms with Crippen molar-refractivity contribution in [2.45, 2.75) is 19.3 Å².